The monoisotopic (exact) mass is 318 g/mol. The second-order valence-corrected chi connectivity index (χ2v) is 7.04. The maximum absolute atomic E-state index is 12.5. The zero-order valence-electron chi connectivity index (χ0n) is 11.9. The standard InChI is InChI=1S/C14H20F2N2O2S/c1-2-17-11-7-9-18(10-8-11)12-3-5-13(6-4-12)21(19,20)14(15)16/h3-6,11,14,17H,2,7-10H2,1H3. The van der Waals surface area contributed by atoms with Crippen LogP contribution in [0.25, 0.3) is 0 Å². The van der Waals surface area contributed by atoms with Crippen molar-refractivity contribution in [3.8, 4) is 0 Å². The summed E-state index contributed by atoms with van der Waals surface area (Å²) in [7, 11) is -4.50. The molecule has 7 heteroatoms. The van der Waals surface area contributed by atoms with E-state index in [-0.39, 0.29) is 4.90 Å². The van der Waals surface area contributed by atoms with Gasteiger partial charge >= 0.3 is 5.76 Å². The van der Waals surface area contributed by atoms with Crippen LogP contribution in [0.1, 0.15) is 19.8 Å². The van der Waals surface area contributed by atoms with E-state index in [9.17, 15) is 17.2 Å². The summed E-state index contributed by atoms with van der Waals surface area (Å²) in [5.74, 6) is -3.38. The van der Waals surface area contributed by atoms with E-state index in [2.05, 4.69) is 17.1 Å². The third kappa shape index (κ3) is 3.71. The first-order valence-electron chi connectivity index (χ1n) is 7.05. The molecule has 0 saturated carbocycles. The van der Waals surface area contributed by atoms with E-state index < -0.39 is 15.6 Å². The Morgan fingerprint density at radius 2 is 1.81 bits per heavy atom. The first kappa shape index (κ1) is 16.2. The van der Waals surface area contributed by atoms with E-state index in [1.54, 1.807) is 12.1 Å². The topological polar surface area (TPSA) is 49.4 Å². The fourth-order valence-electron chi connectivity index (χ4n) is 2.58. The highest BCUT2D eigenvalue weighted by atomic mass is 32.2. The molecule has 0 amide bonds. The largest absolute Gasteiger partial charge is 0.371 e. The average Bonchev–Trinajstić information content (AvgIpc) is 2.48. The van der Waals surface area contributed by atoms with Crippen LogP contribution in [-0.2, 0) is 9.84 Å². The number of rotatable bonds is 5. The molecule has 0 atom stereocenters. The number of piperidine rings is 1. The smallest absolute Gasteiger partial charge is 0.341 e. The van der Waals surface area contributed by atoms with Gasteiger partial charge in [-0.05, 0) is 43.7 Å². The second kappa shape index (κ2) is 6.70. The molecule has 118 valence electrons. The van der Waals surface area contributed by atoms with Crippen LogP contribution in [0.4, 0.5) is 14.5 Å². The lowest BCUT2D eigenvalue weighted by atomic mass is 10.0. The van der Waals surface area contributed by atoms with Crippen molar-refractivity contribution in [3.63, 3.8) is 0 Å². The van der Waals surface area contributed by atoms with Crippen LogP contribution < -0.4 is 10.2 Å². The first-order valence-corrected chi connectivity index (χ1v) is 8.60. The molecule has 0 aliphatic carbocycles. The summed E-state index contributed by atoms with van der Waals surface area (Å²) in [5, 5.41) is 3.41. The summed E-state index contributed by atoms with van der Waals surface area (Å²) in [6.07, 6.45) is 2.04. The van der Waals surface area contributed by atoms with Gasteiger partial charge in [0.2, 0.25) is 9.84 Å². The van der Waals surface area contributed by atoms with E-state index in [1.807, 2.05) is 0 Å². The van der Waals surface area contributed by atoms with Crippen molar-refractivity contribution in [3.05, 3.63) is 24.3 Å². The van der Waals surface area contributed by atoms with Crippen molar-refractivity contribution in [2.24, 2.45) is 0 Å². The molecule has 1 aromatic carbocycles. The Labute approximate surface area is 124 Å². The fraction of sp³-hybridized carbons (Fsp3) is 0.571. The molecule has 1 N–H and O–H groups in total. The summed E-state index contributed by atoms with van der Waals surface area (Å²) in [6, 6.07) is 6.23. The number of sulfone groups is 1. The van der Waals surface area contributed by atoms with Crippen LogP contribution in [0.2, 0.25) is 0 Å². The van der Waals surface area contributed by atoms with E-state index >= 15 is 0 Å². The van der Waals surface area contributed by atoms with Crippen LogP contribution >= 0.6 is 0 Å². The molecular formula is C14H20F2N2O2S. The number of nitrogens with one attached hydrogen (secondary N) is 1. The molecule has 1 aliphatic heterocycles. The molecule has 0 bridgehead atoms. The first-order chi connectivity index (χ1) is 9.95. The third-order valence-corrected chi connectivity index (χ3v) is 5.15. The molecule has 0 radical (unpaired) electrons. The van der Waals surface area contributed by atoms with Gasteiger partial charge in [-0.15, -0.1) is 0 Å². The highest BCUT2D eigenvalue weighted by molar-refractivity contribution is 7.91. The average molecular weight is 318 g/mol. The van der Waals surface area contributed by atoms with Gasteiger partial charge in [0.1, 0.15) is 0 Å². The fourth-order valence-corrected chi connectivity index (χ4v) is 3.30. The minimum absolute atomic E-state index is 0.330. The molecule has 2 rings (SSSR count). The van der Waals surface area contributed by atoms with Gasteiger partial charge < -0.3 is 10.2 Å². The van der Waals surface area contributed by atoms with Crippen LogP contribution in [0, 0.1) is 0 Å². The van der Waals surface area contributed by atoms with E-state index in [4.69, 9.17) is 0 Å². The predicted molar refractivity (Wildman–Crippen MR) is 78.5 cm³/mol. The number of benzene rings is 1. The zero-order chi connectivity index (χ0) is 15.5. The van der Waals surface area contributed by atoms with E-state index in [1.165, 1.54) is 12.1 Å². The Morgan fingerprint density at radius 1 is 1.24 bits per heavy atom. The van der Waals surface area contributed by atoms with E-state index in [0.717, 1.165) is 38.2 Å². The van der Waals surface area contributed by atoms with Gasteiger partial charge in [-0.2, -0.15) is 8.78 Å². The number of halogens is 2. The van der Waals surface area contributed by atoms with Crippen molar-refractivity contribution in [1.29, 1.82) is 0 Å². The maximum atomic E-state index is 12.5. The summed E-state index contributed by atoms with van der Waals surface area (Å²) >= 11 is 0. The summed E-state index contributed by atoms with van der Waals surface area (Å²) < 4.78 is 47.7. The normalized spacial score (nSPS) is 17.4. The molecule has 1 aromatic rings. The minimum atomic E-state index is -4.50. The van der Waals surface area contributed by atoms with Crippen molar-refractivity contribution < 1.29 is 17.2 Å². The van der Waals surface area contributed by atoms with Crippen molar-refractivity contribution in [2.45, 2.75) is 36.5 Å². The Kier molecular flexibility index (Phi) is 5.16. The Morgan fingerprint density at radius 3 is 2.29 bits per heavy atom. The number of alkyl halides is 2. The summed E-state index contributed by atoms with van der Waals surface area (Å²) in [6.45, 7) is 4.77. The van der Waals surface area contributed by atoms with Crippen molar-refractivity contribution in [1.82, 2.24) is 5.32 Å². The van der Waals surface area contributed by atoms with Crippen LogP contribution in [0.5, 0.6) is 0 Å². The number of hydrogen-bond acceptors (Lipinski definition) is 4. The maximum Gasteiger partial charge on any atom is 0.341 e. The number of anilines is 1. The second-order valence-electron chi connectivity index (χ2n) is 5.12. The van der Waals surface area contributed by atoms with Gasteiger partial charge in [-0.25, -0.2) is 8.42 Å². The lowest BCUT2D eigenvalue weighted by molar-refractivity contribution is 0.234. The van der Waals surface area contributed by atoms with Gasteiger partial charge in [0.25, 0.3) is 0 Å². The van der Waals surface area contributed by atoms with Gasteiger partial charge in [0, 0.05) is 24.8 Å². The quantitative estimate of drug-likeness (QED) is 0.905. The Hall–Kier alpha value is -1.21. The highest BCUT2D eigenvalue weighted by Crippen LogP contribution is 2.24. The highest BCUT2D eigenvalue weighted by Gasteiger charge is 2.26. The number of hydrogen-bond donors (Lipinski definition) is 1. The minimum Gasteiger partial charge on any atom is -0.371 e. The molecule has 1 saturated heterocycles. The third-order valence-electron chi connectivity index (χ3n) is 3.75. The van der Waals surface area contributed by atoms with Gasteiger partial charge in [-0.3, -0.25) is 0 Å². The zero-order valence-corrected chi connectivity index (χ0v) is 12.7. The molecular weight excluding hydrogens is 298 g/mol. The molecule has 4 nitrogen and oxygen atoms in total. The van der Waals surface area contributed by atoms with Gasteiger partial charge in [0.05, 0.1) is 4.90 Å². The summed E-state index contributed by atoms with van der Waals surface area (Å²) in [5.41, 5.74) is 0.873. The molecule has 21 heavy (non-hydrogen) atoms. The lowest BCUT2D eigenvalue weighted by Crippen LogP contribution is -2.42. The molecule has 1 heterocycles. The van der Waals surface area contributed by atoms with Crippen LogP contribution in [0.15, 0.2) is 29.2 Å². The Balaban J connectivity index is 2.04. The number of nitrogens with zero attached hydrogens (tertiary/aromatic N) is 1. The van der Waals surface area contributed by atoms with Crippen LogP contribution in [0.3, 0.4) is 0 Å². The Bertz CT molecular complexity index is 553. The molecule has 0 unspecified atom stereocenters. The molecule has 1 aliphatic rings. The van der Waals surface area contributed by atoms with E-state index in [0.29, 0.717) is 6.04 Å². The van der Waals surface area contributed by atoms with Crippen molar-refractivity contribution in [2.75, 3.05) is 24.5 Å². The predicted octanol–water partition coefficient (Wildman–Crippen LogP) is 2.26. The van der Waals surface area contributed by atoms with Gasteiger partial charge in [0.15, 0.2) is 0 Å². The van der Waals surface area contributed by atoms with Crippen LogP contribution in [-0.4, -0.2) is 39.9 Å². The lowest BCUT2D eigenvalue weighted by Gasteiger charge is -2.34. The van der Waals surface area contributed by atoms with Gasteiger partial charge in [-0.1, -0.05) is 6.92 Å². The molecule has 0 aromatic heterocycles. The SMILES string of the molecule is CCNC1CCN(c2ccc(S(=O)(=O)C(F)F)cc2)CC1. The van der Waals surface area contributed by atoms with Crippen molar-refractivity contribution >= 4 is 15.5 Å². The molecule has 0 spiro atoms. The molecule has 1 fully saturated rings. The summed E-state index contributed by atoms with van der Waals surface area (Å²) in [4.78, 5) is 1.82.